The molecule has 0 aromatic heterocycles. The molecular weight excluding hydrogens is 432 g/mol. The summed E-state index contributed by atoms with van der Waals surface area (Å²) in [4.78, 5) is 25.8. The Bertz CT molecular complexity index is 804. The molecule has 2 aliphatic carbocycles. The minimum Gasteiger partial charge on any atom is -0.507 e. The van der Waals surface area contributed by atoms with E-state index >= 15 is 0 Å². The molecule has 6 nitrogen and oxygen atoms in total. The van der Waals surface area contributed by atoms with Gasteiger partial charge in [0.15, 0.2) is 0 Å². The van der Waals surface area contributed by atoms with Crippen molar-refractivity contribution in [2.75, 3.05) is 0 Å². The van der Waals surface area contributed by atoms with Crippen LogP contribution in [0, 0.1) is 35.5 Å². The predicted octanol–water partition coefficient (Wildman–Crippen LogP) is 6.33. The van der Waals surface area contributed by atoms with Crippen LogP contribution in [0.3, 0.4) is 0 Å². The van der Waals surface area contributed by atoms with Crippen molar-refractivity contribution in [1.82, 2.24) is 0 Å². The van der Waals surface area contributed by atoms with Crippen LogP contribution in [-0.4, -0.2) is 34.4 Å². The zero-order chi connectivity index (χ0) is 25.2. The maximum absolute atomic E-state index is 12.9. The first kappa shape index (κ1) is 26.4. The number of phenolic OH excluding ortho intramolecular Hbond substituents is 2. The Kier molecular flexibility index (Phi) is 8.53. The number of aromatic hydroxyl groups is 2. The molecule has 0 spiro atoms. The minimum absolute atomic E-state index is 0.138. The first-order valence-corrected chi connectivity index (χ1v) is 13.0. The lowest BCUT2D eigenvalue weighted by atomic mass is 9.75. The number of hydrogen-bond donors (Lipinski definition) is 2. The van der Waals surface area contributed by atoms with Gasteiger partial charge in [-0.1, -0.05) is 54.4 Å². The van der Waals surface area contributed by atoms with Crippen molar-refractivity contribution in [3.63, 3.8) is 0 Å². The molecule has 1 aromatic rings. The van der Waals surface area contributed by atoms with Gasteiger partial charge in [-0.05, 0) is 73.3 Å². The van der Waals surface area contributed by atoms with Gasteiger partial charge < -0.3 is 19.7 Å². The minimum atomic E-state index is -0.682. The Morgan fingerprint density at radius 3 is 1.41 bits per heavy atom. The summed E-state index contributed by atoms with van der Waals surface area (Å²) in [5.74, 6) is 0.0523. The molecule has 2 saturated carbocycles. The van der Waals surface area contributed by atoms with Gasteiger partial charge in [0.05, 0.1) is 0 Å². The van der Waals surface area contributed by atoms with E-state index in [1.54, 1.807) is 0 Å². The number of benzene rings is 1. The average molecular weight is 475 g/mol. The fourth-order valence-electron chi connectivity index (χ4n) is 5.81. The summed E-state index contributed by atoms with van der Waals surface area (Å²) in [6, 6.07) is 2.24. The summed E-state index contributed by atoms with van der Waals surface area (Å²) in [6.07, 6.45) is 5.30. The highest BCUT2D eigenvalue weighted by Crippen LogP contribution is 2.38. The molecule has 0 amide bonds. The number of ether oxygens (including phenoxy) is 2. The molecule has 0 saturated heterocycles. The van der Waals surface area contributed by atoms with Crippen LogP contribution in [0.15, 0.2) is 12.1 Å². The summed E-state index contributed by atoms with van der Waals surface area (Å²) in [7, 11) is 0. The topological polar surface area (TPSA) is 93.1 Å². The number of hydrogen-bond acceptors (Lipinski definition) is 6. The third kappa shape index (κ3) is 6.05. The summed E-state index contributed by atoms with van der Waals surface area (Å²) in [6.45, 7) is 12.8. The zero-order valence-corrected chi connectivity index (χ0v) is 21.5. The first-order valence-electron chi connectivity index (χ1n) is 13.0. The fraction of sp³-hybridized carbons (Fsp3) is 0.714. The fourth-order valence-corrected chi connectivity index (χ4v) is 5.81. The summed E-state index contributed by atoms with van der Waals surface area (Å²) < 4.78 is 11.6. The Hall–Kier alpha value is -2.24. The third-order valence-electron chi connectivity index (χ3n) is 7.99. The van der Waals surface area contributed by atoms with E-state index in [-0.39, 0.29) is 35.2 Å². The van der Waals surface area contributed by atoms with Gasteiger partial charge in [-0.3, -0.25) is 0 Å². The number of esters is 2. The monoisotopic (exact) mass is 474 g/mol. The van der Waals surface area contributed by atoms with Crippen molar-refractivity contribution in [2.24, 2.45) is 35.5 Å². The molecule has 2 aliphatic rings. The molecule has 0 bridgehead atoms. The number of rotatable bonds is 6. The lowest BCUT2D eigenvalue weighted by Crippen LogP contribution is -2.36. The van der Waals surface area contributed by atoms with Gasteiger partial charge in [0.25, 0.3) is 0 Å². The van der Waals surface area contributed by atoms with E-state index in [4.69, 9.17) is 9.47 Å². The Morgan fingerprint density at radius 2 is 1.09 bits per heavy atom. The van der Waals surface area contributed by atoms with Crippen molar-refractivity contribution in [3.8, 4) is 11.5 Å². The van der Waals surface area contributed by atoms with Gasteiger partial charge in [-0.15, -0.1) is 0 Å². The molecule has 6 atom stereocenters. The van der Waals surface area contributed by atoms with Crippen LogP contribution in [-0.2, 0) is 9.47 Å². The van der Waals surface area contributed by atoms with Crippen molar-refractivity contribution in [2.45, 2.75) is 92.3 Å². The van der Waals surface area contributed by atoms with E-state index in [1.165, 1.54) is 0 Å². The van der Waals surface area contributed by atoms with Gasteiger partial charge in [0, 0.05) is 0 Å². The third-order valence-corrected chi connectivity index (χ3v) is 7.99. The Labute approximate surface area is 204 Å². The molecule has 6 heteroatoms. The van der Waals surface area contributed by atoms with E-state index in [0.29, 0.717) is 23.7 Å². The van der Waals surface area contributed by atoms with Crippen LogP contribution >= 0.6 is 0 Å². The number of carbonyl (C=O) groups is 2. The summed E-state index contributed by atoms with van der Waals surface area (Å²) >= 11 is 0. The predicted molar refractivity (Wildman–Crippen MR) is 131 cm³/mol. The normalized spacial score (nSPS) is 29.8. The van der Waals surface area contributed by atoms with Gasteiger partial charge >= 0.3 is 11.9 Å². The maximum Gasteiger partial charge on any atom is 0.342 e. The average Bonchev–Trinajstić information content (AvgIpc) is 2.74. The van der Waals surface area contributed by atoms with Crippen molar-refractivity contribution in [1.29, 1.82) is 0 Å². The molecule has 190 valence electrons. The number of carbonyl (C=O) groups excluding carboxylic acids is 2. The van der Waals surface area contributed by atoms with Gasteiger partial charge in [0.1, 0.15) is 34.8 Å². The largest absolute Gasteiger partial charge is 0.507 e. The van der Waals surface area contributed by atoms with Crippen LogP contribution in [0.4, 0.5) is 0 Å². The van der Waals surface area contributed by atoms with Gasteiger partial charge in [0.2, 0.25) is 0 Å². The summed E-state index contributed by atoms with van der Waals surface area (Å²) in [5.41, 5.74) is -0.276. The van der Waals surface area contributed by atoms with Crippen LogP contribution in [0.1, 0.15) is 101 Å². The molecule has 1 aromatic carbocycles. The van der Waals surface area contributed by atoms with Crippen LogP contribution in [0.25, 0.3) is 0 Å². The second kappa shape index (κ2) is 11.0. The van der Waals surface area contributed by atoms with Crippen molar-refractivity contribution < 1.29 is 29.3 Å². The summed E-state index contributed by atoms with van der Waals surface area (Å²) in [5, 5.41) is 21.1. The molecular formula is C28H42O6. The molecule has 0 radical (unpaired) electrons. The molecule has 34 heavy (non-hydrogen) atoms. The molecule has 2 N–H and O–H groups in total. The quantitative estimate of drug-likeness (QED) is 0.369. The molecule has 3 rings (SSSR count). The van der Waals surface area contributed by atoms with Crippen LogP contribution in [0.5, 0.6) is 11.5 Å². The van der Waals surface area contributed by atoms with Crippen LogP contribution < -0.4 is 0 Å². The Balaban J connectivity index is 1.75. The highest BCUT2D eigenvalue weighted by molar-refractivity contribution is 5.98. The second-order valence-electron chi connectivity index (χ2n) is 11.4. The van der Waals surface area contributed by atoms with Crippen molar-refractivity contribution >= 4 is 11.9 Å². The lowest BCUT2D eigenvalue weighted by Gasteiger charge is -2.37. The van der Waals surface area contributed by atoms with E-state index in [9.17, 15) is 19.8 Å². The smallest absolute Gasteiger partial charge is 0.342 e. The SMILES string of the molecule is CC(C)[C@@H]1CC[C@@H](C)C[C@H]1OC(=O)c1cc(O)c(C(=O)O[C@@H]2C[C@H](C)CC[C@H]2C(C)C)cc1O. The van der Waals surface area contributed by atoms with E-state index < -0.39 is 23.4 Å². The van der Waals surface area contributed by atoms with Crippen molar-refractivity contribution in [3.05, 3.63) is 23.3 Å². The van der Waals surface area contributed by atoms with E-state index in [2.05, 4.69) is 41.5 Å². The molecule has 2 fully saturated rings. The highest BCUT2D eigenvalue weighted by atomic mass is 16.5. The first-order chi connectivity index (χ1) is 16.0. The van der Waals surface area contributed by atoms with E-state index in [0.717, 1.165) is 50.7 Å². The lowest BCUT2D eigenvalue weighted by molar-refractivity contribution is -0.0189. The molecule has 0 heterocycles. The van der Waals surface area contributed by atoms with Crippen LogP contribution in [0.2, 0.25) is 0 Å². The van der Waals surface area contributed by atoms with E-state index in [1.807, 2.05) is 0 Å². The maximum atomic E-state index is 12.9. The second-order valence-corrected chi connectivity index (χ2v) is 11.4. The standard InChI is InChI=1S/C28H42O6/c1-15(2)19-9-7-17(5)11-25(19)33-27(31)21-13-24(30)22(14-23(21)29)28(32)34-26-12-18(6)8-10-20(26)16(3)4/h13-20,25-26,29-30H,7-12H2,1-6H3/t17-,18-,19+,20+,25-,26-/m1/s1. The molecule has 0 aliphatic heterocycles. The zero-order valence-electron chi connectivity index (χ0n) is 21.5. The molecule has 0 unspecified atom stereocenters. The number of phenols is 2. The van der Waals surface area contributed by atoms with Gasteiger partial charge in [-0.25, -0.2) is 9.59 Å². The van der Waals surface area contributed by atoms with Gasteiger partial charge in [-0.2, -0.15) is 0 Å². The Morgan fingerprint density at radius 1 is 0.735 bits per heavy atom. The highest BCUT2D eigenvalue weighted by Gasteiger charge is 2.36.